The molecule has 2 aromatic carbocycles. The third kappa shape index (κ3) is 6.93. The van der Waals surface area contributed by atoms with E-state index in [4.69, 9.17) is 11.6 Å². The highest BCUT2D eigenvalue weighted by molar-refractivity contribution is 7.89. The maximum atomic E-state index is 13.1. The van der Waals surface area contributed by atoms with E-state index >= 15 is 0 Å². The van der Waals surface area contributed by atoms with Crippen LogP contribution in [-0.4, -0.2) is 65.8 Å². The van der Waals surface area contributed by atoms with Gasteiger partial charge in [0.15, 0.2) is 0 Å². The first-order valence-electron chi connectivity index (χ1n) is 11.1. The molecule has 0 bridgehead atoms. The Balaban J connectivity index is 1.61. The quantitative estimate of drug-likeness (QED) is 0.251. The Kier molecular flexibility index (Phi) is 9.02. The fourth-order valence-electron chi connectivity index (χ4n) is 3.71. The molecular weight excluding hydrogens is 530 g/mol. The van der Waals surface area contributed by atoms with Crippen LogP contribution in [0.1, 0.15) is 18.4 Å². The Labute approximate surface area is 217 Å². The summed E-state index contributed by atoms with van der Waals surface area (Å²) >= 11 is 6.03. The summed E-state index contributed by atoms with van der Waals surface area (Å²) in [6.07, 6.45) is 0.501. The molecule has 15 heteroatoms. The van der Waals surface area contributed by atoms with Crippen molar-refractivity contribution in [2.24, 2.45) is 0 Å². The number of aliphatic carboxylic acids is 1. The number of nitrogens with zero attached hydrogens (tertiary/aromatic N) is 2. The standard InChI is InChI=1S/C22H24ClN5O8S/c23-17-5-2-1-4-14(17)12-24-22(32)25-13-18(21(30)31)26-20(29)19-6-3-11-27(19)37(35,36)16-9-7-15(8-10-16)28(33)34/h1-2,4-5,7-10,18-19H,3,6,11-13H2,(H,26,29)(H,30,31)(H2,24,25,32). The number of benzene rings is 2. The third-order valence-corrected chi connectivity index (χ3v) is 7.93. The molecule has 0 aliphatic carbocycles. The van der Waals surface area contributed by atoms with Crippen LogP contribution in [0.2, 0.25) is 5.02 Å². The first-order valence-corrected chi connectivity index (χ1v) is 12.9. The number of hydrogen-bond acceptors (Lipinski definition) is 7. The van der Waals surface area contributed by atoms with Gasteiger partial charge in [-0.1, -0.05) is 29.8 Å². The minimum Gasteiger partial charge on any atom is -0.480 e. The number of sulfonamides is 1. The molecule has 0 saturated carbocycles. The molecule has 1 aliphatic rings. The molecule has 37 heavy (non-hydrogen) atoms. The molecule has 1 fully saturated rings. The Morgan fingerprint density at radius 3 is 2.43 bits per heavy atom. The summed E-state index contributed by atoms with van der Waals surface area (Å²) in [5.41, 5.74) is 0.361. The Morgan fingerprint density at radius 2 is 1.81 bits per heavy atom. The lowest BCUT2D eigenvalue weighted by Gasteiger charge is -2.25. The minimum absolute atomic E-state index is 0.0118. The van der Waals surface area contributed by atoms with Gasteiger partial charge in [0.25, 0.3) is 5.69 Å². The van der Waals surface area contributed by atoms with Crippen LogP contribution < -0.4 is 16.0 Å². The maximum Gasteiger partial charge on any atom is 0.328 e. The average molecular weight is 554 g/mol. The second-order valence-electron chi connectivity index (χ2n) is 8.08. The van der Waals surface area contributed by atoms with Crippen molar-refractivity contribution in [3.8, 4) is 0 Å². The van der Waals surface area contributed by atoms with Crippen LogP contribution in [0.3, 0.4) is 0 Å². The molecule has 13 nitrogen and oxygen atoms in total. The lowest BCUT2D eigenvalue weighted by Crippen LogP contribution is -2.54. The first-order chi connectivity index (χ1) is 17.5. The number of halogens is 1. The number of carboxylic acid groups (broad SMARTS) is 1. The molecule has 2 atom stereocenters. The van der Waals surface area contributed by atoms with E-state index in [0.29, 0.717) is 17.0 Å². The van der Waals surface area contributed by atoms with Crippen LogP contribution in [0.4, 0.5) is 10.5 Å². The number of carbonyl (C=O) groups excluding carboxylic acids is 2. The topological polar surface area (TPSA) is 188 Å². The fourth-order valence-corrected chi connectivity index (χ4v) is 5.57. The zero-order valence-corrected chi connectivity index (χ0v) is 20.9. The number of non-ortho nitro benzene ring substituents is 1. The molecule has 198 valence electrons. The van der Waals surface area contributed by atoms with Crippen LogP contribution in [0.15, 0.2) is 53.4 Å². The molecule has 1 saturated heterocycles. The number of nitrogens with one attached hydrogen (secondary N) is 3. The highest BCUT2D eigenvalue weighted by Gasteiger charge is 2.40. The predicted octanol–water partition coefficient (Wildman–Crippen LogP) is 1.47. The largest absolute Gasteiger partial charge is 0.480 e. The van der Waals surface area contributed by atoms with Crippen LogP contribution in [0, 0.1) is 10.1 Å². The van der Waals surface area contributed by atoms with Gasteiger partial charge in [-0.15, -0.1) is 0 Å². The van der Waals surface area contributed by atoms with Crippen molar-refractivity contribution in [3.05, 3.63) is 69.2 Å². The van der Waals surface area contributed by atoms with Gasteiger partial charge in [-0.25, -0.2) is 18.0 Å². The summed E-state index contributed by atoms with van der Waals surface area (Å²) in [5.74, 6) is -2.27. The molecule has 0 spiro atoms. The minimum atomic E-state index is -4.18. The molecule has 2 aromatic rings. The van der Waals surface area contributed by atoms with Crippen molar-refractivity contribution >= 4 is 45.2 Å². The molecule has 1 aliphatic heterocycles. The van der Waals surface area contributed by atoms with Crippen molar-refractivity contribution in [2.45, 2.75) is 36.4 Å². The van der Waals surface area contributed by atoms with Crippen molar-refractivity contribution in [1.29, 1.82) is 0 Å². The summed E-state index contributed by atoms with van der Waals surface area (Å²) < 4.78 is 27.1. The van der Waals surface area contributed by atoms with Gasteiger partial charge >= 0.3 is 12.0 Å². The van der Waals surface area contributed by atoms with E-state index in [1.165, 1.54) is 0 Å². The van der Waals surface area contributed by atoms with E-state index in [1.807, 2.05) is 0 Å². The van der Waals surface area contributed by atoms with Crippen LogP contribution in [-0.2, 0) is 26.2 Å². The molecule has 3 amide bonds. The Morgan fingerprint density at radius 1 is 1.14 bits per heavy atom. The molecule has 2 unspecified atom stereocenters. The third-order valence-electron chi connectivity index (χ3n) is 5.64. The number of carbonyl (C=O) groups is 3. The number of nitro benzene ring substituents is 1. The maximum absolute atomic E-state index is 13.1. The monoisotopic (exact) mass is 553 g/mol. The Bertz CT molecular complexity index is 1290. The van der Waals surface area contributed by atoms with Gasteiger partial charge in [0, 0.05) is 30.2 Å². The highest BCUT2D eigenvalue weighted by atomic mass is 35.5. The normalized spacial score (nSPS) is 16.5. The van der Waals surface area contributed by atoms with Gasteiger partial charge in [0.05, 0.1) is 16.4 Å². The van der Waals surface area contributed by atoms with E-state index in [2.05, 4.69) is 16.0 Å². The number of amides is 3. The van der Waals surface area contributed by atoms with Gasteiger partial charge in [0.2, 0.25) is 15.9 Å². The lowest BCUT2D eigenvalue weighted by molar-refractivity contribution is -0.384. The summed E-state index contributed by atoms with van der Waals surface area (Å²) in [6.45, 7) is -0.359. The molecule has 0 radical (unpaired) electrons. The molecule has 1 heterocycles. The van der Waals surface area contributed by atoms with Crippen LogP contribution in [0.5, 0.6) is 0 Å². The van der Waals surface area contributed by atoms with Crippen molar-refractivity contribution < 1.29 is 32.8 Å². The average Bonchev–Trinajstić information content (AvgIpc) is 3.37. The van der Waals surface area contributed by atoms with Crippen molar-refractivity contribution in [2.75, 3.05) is 13.1 Å². The fraction of sp³-hybridized carbons (Fsp3) is 0.318. The summed E-state index contributed by atoms with van der Waals surface area (Å²) in [6, 6.07) is 7.67. The van der Waals surface area contributed by atoms with Gasteiger partial charge in [-0.2, -0.15) is 4.31 Å². The molecular formula is C22H24ClN5O8S. The first kappa shape index (κ1) is 27.8. The Hall–Kier alpha value is -3.75. The number of hydrogen-bond donors (Lipinski definition) is 4. The van der Waals surface area contributed by atoms with E-state index in [0.717, 1.165) is 28.6 Å². The number of rotatable bonds is 10. The molecule has 0 aromatic heterocycles. The number of urea groups is 1. The summed E-state index contributed by atoms with van der Waals surface area (Å²) in [4.78, 5) is 46.6. The smallest absolute Gasteiger partial charge is 0.328 e. The van der Waals surface area contributed by atoms with Gasteiger partial charge in [-0.05, 0) is 36.6 Å². The SMILES string of the molecule is O=C(NCc1ccccc1Cl)NCC(NC(=O)C1CCCN1S(=O)(=O)c1ccc([N+](=O)[O-])cc1)C(=O)O. The van der Waals surface area contributed by atoms with E-state index < -0.39 is 51.5 Å². The van der Waals surface area contributed by atoms with Crippen LogP contribution in [0.25, 0.3) is 0 Å². The zero-order valence-electron chi connectivity index (χ0n) is 19.3. The lowest BCUT2D eigenvalue weighted by atomic mass is 10.2. The number of nitro groups is 1. The summed E-state index contributed by atoms with van der Waals surface area (Å²) in [7, 11) is -4.18. The van der Waals surface area contributed by atoms with Gasteiger partial charge < -0.3 is 21.1 Å². The summed E-state index contributed by atoms with van der Waals surface area (Å²) in [5, 5.41) is 28.0. The number of carboxylic acids is 1. The van der Waals surface area contributed by atoms with E-state index in [9.17, 15) is 38.0 Å². The second kappa shape index (κ2) is 12.0. The van der Waals surface area contributed by atoms with E-state index in [-0.39, 0.29) is 30.1 Å². The van der Waals surface area contributed by atoms with E-state index in [1.54, 1.807) is 24.3 Å². The predicted molar refractivity (Wildman–Crippen MR) is 131 cm³/mol. The van der Waals surface area contributed by atoms with Crippen molar-refractivity contribution in [1.82, 2.24) is 20.3 Å². The zero-order chi connectivity index (χ0) is 27.2. The van der Waals surface area contributed by atoms with Crippen LogP contribution >= 0.6 is 11.6 Å². The van der Waals surface area contributed by atoms with Gasteiger partial charge in [0.1, 0.15) is 12.1 Å². The van der Waals surface area contributed by atoms with Gasteiger partial charge in [-0.3, -0.25) is 14.9 Å². The second-order valence-corrected chi connectivity index (χ2v) is 10.4. The molecule has 3 rings (SSSR count). The molecule has 4 N–H and O–H groups in total. The highest BCUT2D eigenvalue weighted by Crippen LogP contribution is 2.27. The van der Waals surface area contributed by atoms with Crippen molar-refractivity contribution in [3.63, 3.8) is 0 Å².